The summed E-state index contributed by atoms with van der Waals surface area (Å²) in [6.07, 6.45) is 2.69. The molecule has 1 amide bonds. The molecule has 1 unspecified atom stereocenters. The number of aryl methyl sites for hydroxylation is 1. The molecule has 19 heavy (non-hydrogen) atoms. The van der Waals surface area contributed by atoms with Gasteiger partial charge >= 0.3 is 0 Å². The minimum Gasteiger partial charge on any atom is -0.350 e. The summed E-state index contributed by atoms with van der Waals surface area (Å²) in [4.78, 5) is 11.9. The van der Waals surface area contributed by atoms with E-state index in [1.165, 1.54) is 0 Å². The van der Waals surface area contributed by atoms with Crippen LogP contribution in [-0.2, 0) is 0 Å². The van der Waals surface area contributed by atoms with Crippen molar-refractivity contribution in [2.45, 2.75) is 33.2 Å². The summed E-state index contributed by atoms with van der Waals surface area (Å²) in [6.45, 7) is 6.05. The lowest BCUT2D eigenvalue weighted by Gasteiger charge is -2.11. The number of carbonyl (C=O) groups excluding carboxylic acids is 1. The number of rotatable bonds is 4. The Bertz CT molecular complexity index is 557. The SMILES string of the molecule is CCC(C)NC(=O)c1ccc(-n2nccc2C)cc1. The van der Waals surface area contributed by atoms with E-state index in [0.29, 0.717) is 5.56 Å². The monoisotopic (exact) mass is 257 g/mol. The molecule has 2 rings (SSSR count). The molecule has 1 N–H and O–H groups in total. The highest BCUT2D eigenvalue weighted by Crippen LogP contribution is 2.11. The number of nitrogens with zero attached hydrogens (tertiary/aromatic N) is 2. The molecule has 2 aromatic rings. The first kappa shape index (κ1) is 13.3. The third-order valence-electron chi connectivity index (χ3n) is 3.20. The van der Waals surface area contributed by atoms with E-state index in [1.54, 1.807) is 6.20 Å². The fourth-order valence-electron chi connectivity index (χ4n) is 1.80. The molecule has 1 atom stereocenters. The van der Waals surface area contributed by atoms with Crippen molar-refractivity contribution >= 4 is 5.91 Å². The molecule has 0 aliphatic carbocycles. The van der Waals surface area contributed by atoms with E-state index in [2.05, 4.69) is 17.3 Å². The normalized spacial score (nSPS) is 12.2. The maximum atomic E-state index is 11.9. The Kier molecular flexibility index (Phi) is 4.00. The predicted molar refractivity (Wildman–Crippen MR) is 75.5 cm³/mol. The molecule has 4 nitrogen and oxygen atoms in total. The van der Waals surface area contributed by atoms with Gasteiger partial charge in [0.15, 0.2) is 0 Å². The fourth-order valence-corrected chi connectivity index (χ4v) is 1.80. The molecule has 0 aliphatic heterocycles. The Hall–Kier alpha value is -2.10. The highest BCUT2D eigenvalue weighted by Gasteiger charge is 2.08. The predicted octanol–water partition coefficient (Wildman–Crippen LogP) is 2.71. The van der Waals surface area contributed by atoms with Crippen molar-refractivity contribution in [2.24, 2.45) is 0 Å². The van der Waals surface area contributed by atoms with Crippen LogP contribution in [0, 0.1) is 6.92 Å². The molecule has 0 bridgehead atoms. The molecule has 1 aromatic heterocycles. The minimum atomic E-state index is -0.0295. The lowest BCUT2D eigenvalue weighted by Crippen LogP contribution is -2.31. The van der Waals surface area contributed by atoms with Gasteiger partial charge in [0.05, 0.1) is 5.69 Å². The lowest BCUT2D eigenvalue weighted by molar-refractivity contribution is 0.0939. The number of aromatic nitrogens is 2. The van der Waals surface area contributed by atoms with Crippen molar-refractivity contribution in [1.29, 1.82) is 0 Å². The second-order valence-electron chi connectivity index (χ2n) is 4.71. The van der Waals surface area contributed by atoms with Crippen LogP contribution in [-0.4, -0.2) is 21.7 Å². The van der Waals surface area contributed by atoms with Gasteiger partial charge in [0.1, 0.15) is 0 Å². The molecule has 100 valence electrons. The van der Waals surface area contributed by atoms with Crippen LogP contribution in [0.1, 0.15) is 36.3 Å². The highest BCUT2D eigenvalue weighted by molar-refractivity contribution is 5.94. The molecule has 0 saturated carbocycles. The van der Waals surface area contributed by atoms with Crippen LogP contribution >= 0.6 is 0 Å². The van der Waals surface area contributed by atoms with Gasteiger partial charge in [0.25, 0.3) is 5.91 Å². The van der Waals surface area contributed by atoms with E-state index in [0.717, 1.165) is 17.8 Å². The number of nitrogens with one attached hydrogen (secondary N) is 1. The molecule has 4 heteroatoms. The average Bonchev–Trinajstić information content (AvgIpc) is 2.85. The van der Waals surface area contributed by atoms with E-state index < -0.39 is 0 Å². The number of amides is 1. The van der Waals surface area contributed by atoms with Gasteiger partial charge in [0, 0.05) is 23.5 Å². The summed E-state index contributed by atoms with van der Waals surface area (Å²) in [6, 6.07) is 9.61. The minimum absolute atomic E-state index is 0.0295. The zero-order chi connectivity index (χ0) is 13.8. The van der Waals surface area contributed by atoms with Crippen molar-refractivity contribution in [3.05, 3.63) is 47.8 Å². The molecule has 1 aromatic carbocycles. The van der Waals surface area contributed by atoms with Crippen LogP contribution in [0.2, 0.25) is 0 Å². The van der Waals surface area contributed by atoms with Gasteiger partial charge < -0.3 is 5.32 Å². The Morgan fingerprint density at radius 1 is 1.32 bits per heavy atom. The van der Waals surface area contributed by atoms with Crippen molar-refractivity contribution in [1.82, 2.24) is 15.1 Å². The second kappa shape index (κ2) is 5.69. The Morgan fingerprint density at radius 3 is 2.53 bits per heavy atom. The molecule has 0 fully saturated rings. The second-order valence-corrected chi connectivity index (χ2v) is 4.71. The summed E-state index contributed by atoms with van der Waals surface area (Å²) >= 11 is 0. The van der Waals surface area contributed by atoms with Crippen molar-refractivity contribution in [3.8, 4) is 5.69 Å². The number of hydrogen-bond acceptors (Lipinski definition) is 2. The zero-order valence-corrected chi connectivity index (χ0v) is 11.6. The van der Waals surface area contributed by atoms with E-state index in [1.807, 2.05) is 48.9 Å². The number of benzene rings is 1. The van der Waals surface area contributed by atoms with Crippen LogP contribution in [0.3, 0.4) is 0 Å². The first-order valence-electron chi connectivity index (χ1n) is 6.53. The average molecular weight is 257 g/mol. The van der Waals surface area contributed by atoms with Gasteiger partial charge in [0.2, 0.25) is 0 Å². The van der Waals surface area contributed by atoms with Gasteiger partial charge in [-0.15, -0.1) is 0 Å². The molecule has 1 heterocycles. The maximum absolute atomic E-state index is 11.9. The van der Waals surface area contributed by atoms with Gasteiger partial charge in [-0.1, -0.05) is 6.92 Å². The van der Waals surface area contributed by atoms with Crippen molar-refractivity contribution in [3.63, 3.8) is 0 Å². The topological polar surface area (TPSA) is 46.9 Å². The first-order chi connectivity index (χ1) is 9.11. The smallest absolute Gasteiger partial charge is 0.251 e. The molecule has 0 spiro atoms. The van der Waals surface area contributed by atoms with E-state index in [-0.39, 0.29) is 11.9 Å². The summed E-state index contributed by atoms with van der Waals surface area (Å²) in [7, 11) is 0. The lowest BCUT2D eigenvalue weighted by atomic mass is 10.1. The number of hydrogen-bond donors (Lipinski definition) is 1. The van der Waals surface area contributed by atoms with Gasteiger partial charge in [-0.25, -0.2) is 4.68 Å². The standard InChI is InChI=1S/C15H19N3O/c1-4-11(2)17-15(19)13-5-7-14(8-6-13)18-12(3)9-10-16-18/h5-11H,4H2,1-3H3,(H,17,19). The third-order valence-corrected chi connectivity index (χ3v) is 3.20. The molecule has 0 radical (unpaired) electrons. The summed E-state index contributed by atoms with van der Waals surface area (Å²) in [5, 5.41) is 7.19. The molecule has 0 aliphatic rings. The largest absolute Gasteiger partial charge is 0.350 e. The fraction of sp³-hybridized carbons (Fsp3) is 0.333. The highest BCUT2D eigenvalue weighted by atomic mass is 16.1. The van der Waals surface area contributed by atoms with Crippen LogP contribution in [0.5, 0.6) is 0 Å². The number of carbonyl (C=O) groups is 1. The van der Waals surface area contributed by atoms with Crippen molar-refractivity contribution < 1.29 is 4.79 Å². The molecule has 0 saturated heterocycles. The quantitative estimate of drug-likeness (QED) is 0.915. The van der Waals surface area contributed by atoms with Crippen LogP contribution < -0.4 is 5.32 Å². The molecular formula is C15H19N3O. The Morgan fingerprint density at radius 2 is 2.00 bits per heavy atom. The van der Waals surface area contributed by atoms with E-state index in [9.17, 15) is 4.79 Å². The Labute approximate surface area is 113 Å². The Balaban J connectivity index is 2.15. The van der Waals surface area contributed by atoms with Crippen LogP contribution in [0.25, 0.3) is 5.69 Å². The van der Waals surface area contributed by atoms with Crippen molar-refractivity contribution in [2.75, 3.05) is 0 Å². The van der Waals surface area contributed by atoms with Gasteiger partial charge in [-0.05, 0) is 50.6 Å². The first-order valence-corrected chi connectivity index (χ1v) is 6.53. The summed E-state index contributed by atoms with van der Waals surface area (Å²) in [5.74, 6) is -0.0295. The zero-order valence-electron chi connectivity index (χ0n) is 11.6. The van der Waals surface area contributed by atoms with Gasteiger partial charge in [-0.3, -0.25) is 4.79 Å². The van der Waals surface area contributed by atoms with E-state index in [4.69, 9.17) is 0 Å². The van der Waals surface area contributed by atoms with Crippen LogP contribution in [0.15, 0.2) is 36.5 Å². The third kappa shape index (κ3) is 3.02. The van der Waals surface area contributed by atoms with Gasteiger partial charge in [-0.2, -0.15) is 5.10 Å². The van der Waals surface area contributed by atoms with E-state index >= 15 is 0 Å². The molecular weight excluding hydrogens is 238 g/mol. The van der Waals surface area contributed by atoms with Crippen LogP contribution in [0.4, 0.5) is 0 Å². The summed E-state index contributed by atoms with van der Waals surface area (Å²) in [5.41, 5.74) is 2.70. The summed E-state index contributed by atoms with van der Waals surface area (Å²) < 4.78 is 1.84. The maximum Gasteiger partial charge on any atom is 0.251 e.